The average Bonchev–Trinajstić information content (AvgIpc) is 3.07. The van der Waals surface area contributed by atoms with Gasteiger partial charge in [0.1, 0.15) is 11.8 Å². The molecule has 0 bridgehead atoms. The third-order valence-electron chi connectivity index (χ3n) is 5.16. The summed E-state index contributed by atoms with van der Waals surface area (Å²) in [5, 5.41) is 8.54. The fourth-order valence-corrected chi connectivity index (χ4v) is 3.76. The number of benzene rings is 1. The van der Waals surface area contributed by atoms with Crippen LogP contribution in [0.2, 0.25) is 0 Å². The minimum Gasteiger partial charge on any atom is -0.479 e. The summed E-state index contributed by atoms with van der Waals surface area (Å²) in [4.78, 5) is 28.2. The van der Waals surface area contributed by atoms with E-state index in [4.69, 9.17) is 14.7 Å². The van der Waals surface area contributed by atoms with Gasteiger partial charge in [0.15, 0.2) is 6.61 Å². The van der Waals surface area contributed by atoms with Gasteiger partial charge < -0.3 is 14.4 Å². The molecule has 7 nitrogen and oxygen atoms in total. The molecular weight excluding hydrogens is 334 g/mol. The first-order valence-electron chi connectivity index (χ1n) is 8.90. The number of anilines is 1. The average molecular weight is 357 g/mol. The molecule has 1 aliphatic carbocycles. The second-order valence-corrected chi connectivity index (χ2v) is 6.60. The summed E-state index contributed by atoms with van der Waals surface area (Å²) in [5.41, 5.74) is 0.824. The summed E-state index contributed by atoms with van der Waals surface area (Å²) < 4.78 is 10.1. The number of hydrogen-bond acceptors (Lipinski definition) is 5. The zero-order valence-electron chi connectivity index (χ0n) is 14.9. The van der Waals surface area contributed by atoms with E-state index < -0.39 is 0 Å². The van der Waals surface area contributed by atoms with Gasteiger partial charge in [-0.25, -0.2) is 4.79 Å². The van der Waals surface area contributed by atoms with Crippen molar-refractivity contribution < 1.29 is 19.1 Å². The van der Waals surface area contributed by atoms with Crippen LogP contribution in [0.1, 0.15) is 25.7 Å². The molecule has 0 aromatic heterocycles. The molecule has 138 valence electrons. The molecule has 0 radical (unpaired) electrons. The monoisotopic (exact) mass is 357 g/mol. The Hall–Kier alpha value is -2.75. The van der Waals surface area contributed by atoms with Crippen molar-refractivity contribution in [1.29, 1.82) is 5.26 Å². The zero-order chi connectivity index (χ0) is 18.5. The lowest BCUT2D eigenvalue weighted by Crippen LogP contribution is -2.42. The van der Waals surface area contributed by atoms with Crippen molar-refractivity contribution >= 4 is 17.7 Å². The van der Waals surface area contributed by atoms with Crippen LogP contribution in [0.15, 0.2) is 24.3 Å². The van der Waals surface area contributed by atoms with Crippen LogP contribution in [-0.4, -0.2) is 49.7 Å². The number of nitrogens with zero attached hydrogens (tertiary/aromatic N) is 3. The van der Waals surface area contributed by atoms with Crippen LogP contribution in [0.3, 0.4) is 0 Å². The molecule has 1 saturated carbocycles. The van der Waals surface area contributed by atoms with E-state index in [0.717, 1.165) is 31.4 Å². The number of esters is 1. The largest absolute Gasteiger partial charge is 0.479 e. The highest BCUT2D eigenvalue weighted by Gasteiger charge is 2.37. The Bertz CT molecular complexity index is 690. The van der Waals surface area contributed by atoms with E-state index in [0.29, 0.717) is 18.8 Å². The third kappa shape index (κ3) is 3.74. The molecule has 1 aliphatic heterocycles. The van der Waals surface area contributed by atoms with Crippen molar-refractivity contribution in [2.45, 2.75) is 31.7 Å². The number of carbonyl (C=O) groups is 2. The Balaban J connectivity index is 1.58. The lowest BCUT2D eigenvalue weighted by Gasteiger charge is -2.33. The van der Waals surface area contributed by atoms with Gasteiger partial charge in [-0.15, -0.1) is 0 Å². The van der Waals surface area contributed by atoms with E-state index in [1.165, 1.54) is 7.11 Å². The van der Waals surface area contributed by atoms with E-state index >= 15 is 0 Å². The Kier molecular flexibility index (Phi) is 5.61. The molecule has 0 unspecified atom stereocenters. The van der Waals surface area contributed by atoms with Crippen LogP contribution in [0.4, 0.5) is 10.5 Å². The smallest absolute Gasteiger partial charge is 0.324 e. The van der Waals surface area contributed by atoms with Gasteiger partial charge in [-0.2, -0.15) is 5.26 Å². The van der Waals surface area contributed by atoms with Crippen molar-refractivity contribution in [2.75, 3.05) is 31.7 Å². The lowest BCUT2D eigenvalue weighted by atomic mass is 9.85. The predicted octanol–water partition coefficient (Wildman–Crippen LogP) is 2.56. The summed E-state index contributed by atoms with van der Waals surface area (Å²) in [6.07, 6.45) is 3.21. The van der Waals surface area contributed by atoms with Gasteiger partial charge >= 0.3 is 12.0 Å². The van der Waals surface area contributed by atoms with Gasteiger partial charge in [0, 0.05) is 24.8 Å². The van der Waals surface area contributed by atoms with Crippen molar-refractivity contribution in [3.8, 4) is 11.8 Å². The topological polar surface area (TPSA) is 82.9 Å². The molecule has 1 heterocycles. The summed E-state index contributed by atoms with van der Waals surface area (Å²) >= 11 is 0. The highest BCUT2D eigenvalue weighted by Crippen LogP contribution is 2.32. The SMILES string of the molecule is COC(=O)C1CCC(N2CCN(c3ccc(OCC#N)cc3)C2=O)CC1. The number of urea groups is 1. The van der Waals surface area contributed by atoms with E-state index in [-0.39, 0.29) is 30.6 Å². The van der Waals surface area contributed by atoms with Crippen LogP contribution >= 0.6 is 0 Å². The zero-order valence-corrected chi connectivity index (χ0v) is 14.9. The maximum atomic E-state index is 12.8. The van der Waals surface area contributed by atoms with Crippen LogP contribution in [0.25, 0.3) is 0 Å². The minimum atomic E-state index is -0.142. The Labute approximate surface area is 153 Å². The molecule has 0 N–H and O–H groups in total. The Morgan fingerprint density at radius 1 is 1.19 bits per heavy atom. The molecule has 2 aliphatic rings. The van der Waals surface area contributed by atoms with Gasteiger partial charge in [0.05, 0.1) is 13.0 Å². The number of nitriles is 1. The first-order chi connectivity index (χ1) is 12.6. The van der Waals surface area contributed by atoms with Crippen molar-refractivity contribution in [1.82, 2.24) is 4.90 Å². The molecular formula is C19H23N3O4. The molecule has 0 spiro atoms. The summed E-state index contributed by atoms with van der Waals surface area (Å²) in [6, 6.07) is 9.33. The molecule has 1 aromatic carbocycles. The summed E-state index contributed by atoms with van der Waals surface area (Å²) in [5.74, 6) is 0.433. The van der Waals surface area contributed by atoms with Gasteiger partial charge in [0.25, 0.3) is 0 Å². The number of methoxy groups -OCH3 is 1. The first kappa shape index (κ1) is 18.1. The van der Waals surface area contributed by atoms with Gasteiger partial charge in [-0.05, 0) is 49.9 Å². The maximum absolute atomic E-state index is 12.8. The highest BCUT2D eigenvalue weighted by molar-refractivity contribution is 5.94. The van der Waals surface area contributed by atoms with Crippen LogP contribution in [0, 0.1) is 17.2 Å². The molecule has 2 amide bonds. The molecule has 2 fully saturated rings. The highest BCUT2D eigenvalue weighted by atomic mass is 16.5. The van der Waals surface area contributed by atoms with E-state index in [2.05, 4.69) is 0 Å². The van der Waals surface area contributed by atoms with E-state index in [1.54, 1.807) is 17.0 Å². The molecule has 26 heavy (non-hydrogen) atoms. The quantitative estimate of drug-likeness (QED) is 0.756. The number of amides is 2. The Morgan fingerprint density at radius 2 is 1.88 bits per heavy atom. The van der Waals surface area contributed by atoms with Crippen LogP contribution in [-0.2, 0) is 9.53 Å². The van der Waals surface area contributed by atoms with Gasteiger partial charge in [0.2, 0.25) is 0 Å². The number of rotatable bonds is 5. The molecule has 1 saturated heterocycles. The third-order valence-corrected chi connectivity index (χ3v) is 5.16. The second kappa shape index (κ2) is 8.09. The summed E-state index contributed by atoms with van der Waals surface area (Å²) in [7, 11) is 1.42. The van der Waals surface area contributed by atoms with Crippen LogP contribution in [0.5, 0.6) is 5.75 Å². The van der Waals surface area contributed by atoms with E-state index in [1.807, 2.05) is 23.1 Å². The molecule has 3 rings (SSSR count). The van der Waals surface area contributed by atoms with Crippen LogP contribution < -0.4 is 9.64 Å². The number of carbonyl (C=O) groups excluding carboxylic acids is 2. The van der Waals surface area contributed by atoms with Crippen molar-refractivity contribution in [3.63, 3.8) is 0 Å². The predicted molar refractivity (Wildman–Crippen MR) is 94.8 cm³/mol. The van der Waals surface area contributed by atoms with E-state index in [9.17, 15) is 9.59 Å². The second-order valence-electron chi connectivity index (χ2n) is 6.60. The molecule has 7 heteroatoms. The minimum absolute atomic E-state index is 0.00399. The maximum Gasteiger partial charge on any atom is 0.324 e. The normalized spacial score (nSPS) is 22.8. The number of hydrogen-bond donors (Lipinski definition) is 0. The first-order valence-corrected chi connectivity index (χ1v) is 8.90. The lowest BCUT2D eigenvalue weighted by molar-refractivity contribution is -0.146. The standard InChI is InChI=1S/C19H23N3O4/c1-25-18(23)14-2-4-15(5-3-14)21-11-12-22(19(21)24)16-6-8-17(9-7-16)26-13-10-20/h6-9,14-15H,2-5,11-13H2,1H3. The number of ether oxygens (including phenoxy) is 2. The van der Waals surface area contributed by atoms with Gasteiger partial charge in [-0.1, -0.05) is 0 Å². The summed E-state index contributed by atoms with van der Waals surface area (Å²) in [6.45, 7) is 1.34. The molecule has 0 atom stereocenters. The van der Waals surface area contributed by atoms with Crippen molar-refractivity contribution in [2.24, 2.45) is 5.92 Å². The fraction of sp³-hybridized carbons (Fsp3) is 0.526. The van der Waals surface area contributed by atoms with Crippen molar-refractivity contribution in [3.05, 3.63) is 24.3 Å². The fourth-order valence-electron chi connectivity index (χ4n) is 3.76. The molecule has 1 aromatic rings. The van der Waals surface area contributed by atoms with Gasteiger partial charge in [-0.3, -0.25) is 9.69 Å². The Morgan fingerprint density at radius 3 is 2.50 bits per heavy atom.